The van der Waals surface area contributed by atoms with Crippen LogP contribution in [0.25, 0.3) is 0 Å². The largest absolute Gasteiger partial charge is 0.348 e. The molecule has 5 heteroatoms. The molecule has 1 N–H and O–H groups in total. The third-order valence-corrected chi connectivity index (χ3v) is 7.82. The highest BCUT2D eigenvalue weighted by Crippen LogP contribution is 2.33. The molecule has 1 heterocycles. The van der Waals surface area contributed by atoms with Crippen LogP contribution < -0.4 is 5.32 Å². The smallest absolute Gasteiger partial charge is 0.253 e. The molecule has 2 aromatic carbocycles. The van der Waals surface area contributed by atoms with Gasteiger partial charge in [-0.05, 0) is 61.3 Å². The Balaban J connectivity index is 1.27. The zero-order valence-electron chi connectivity index (χ0n) is 19.4. The van der Waals surface area contributed by atoms with Crippen LogP contribution in [0.2, 0.25) is 0 Å². The van der Waals surface area contributed by atoms with Crippen molar-refractivity contribution in [3.63, 3.8) is 0 Å². The first-order valence-corrected chi connectivity index (χ1v) is 12.7. The van der Waals surface area contributed by atoms with Gasteiger partial charge in [0.1, 0.15) is 0 Å². The van der Waals surface area contributed by atoms with Crippen molar-refractivity contribution in [2.75, 3.05) is 26.2 Å². The number of fused-ring (bicyclic) bond motifs is 1. The van der Waals surface area contributed by atoms with E-state index in [4.69, 9.17) is 0 Å². The van der Waals surface area contributed by atoms with Crippen LogP contribution in [0.15, 0.2) is 54.6 Å². The summed E-state index contributed by atoms with van der Waals surface area (Å²) < 4.78 is 0. The number of nitrogens with zero attached hydrogens (tertiary/aromatic N) is 2. The van der Waals surface area contributed by atoms with Gasteiger partial charge >= 0.3 is 0 Å². The maximum Gasteiger partial charge on any atom is 0.253 e. The molecule has 174 valence electrons. The number of hydrogen-bond donors (Lipinski definition) is 1. The number of carbonyl (C=O) groups excluding carboxylic acids is 2. The maximum atomic E-state index is 13.7. The van der Waals surface area contributed by atoms with E-state index in [9.17, 15) is 9.59 Å². The van der Waals surface area contributed by atoms with E-state index in [0.717, 1.165) is 50.8 Å². The summed E-state index contributed by atoms with van der Waals surface area (Å²) in [6.45, 7) is 2.87. The van der Waals surface area contributed by atoms with E-state index < -0.39 is 0 Å². The third-order valence-electron chi connectivity index (χ3n) is 7.82. The molecule has 3 aliphatic rings. The number of rotatable bonds is 5. The van der Waals surface area contributed by atoms with Crippen molar-refractivity contribution in [3.8, 4) is 0 Å². The molecule has 33 heavy (non-hydrogen) atoms. The van der Waals surface area contributed by atoms with Gasteiger partial charge in [0, 0.05) is 31.7 Å². The summed E-state index contributed by atoms with van der Waals surface area (Å²) in [4.78, 5) is 30.9. The van der Waals surface area contributed by atoms with Gasteiger partial charge in [-0.2, -0.15) is 0 Å². The molecule has 2 fully saturated rings. The van der Waals surface area contributed by atoms with Crippen LogP contribution >= 0.6 is 0 Å². The van der Waals surface area contributed by atoms with Crippen LogP contribution in [-0.4, -0.2) is 53.8 Å². The molecule has 0 radical (unpaired) electrons. The van der Waals surface area contributed by atoms with Crippen molar-refractivity contribution in [1.29, 1.82) is 0 Å². The van der Waals surface area contributed by atoms with Gasteiger partial charge in [-0.15, -0.1) is 0 Å². The molecule has 5 rings (SSSR count). The molecule has 0 bridgehead atoms. The van der Waals surface area contributed by atoms with E-state index >= 15 is 0 Å². The number of carbonyl (C=O) groups is 2. The van der Waals surface area contributed by atoms with Crippen LogP contribution in [0.3, 0.4) is 0 Å². The third kappa shape index (κ3) is 4.84. The summed E-state index contributed by atoms with van der Waals surface area (Å²) in [7, 11) is 0. The fourth-order valence-corrected chi connectivity index (χ4v) is 6.08. The number of amides is 2. The van der Waals surface area contributed by atoms with Gasteiger partial charge in [0.15, 0.2) is 0 Å². The Labute approximate surface area is 197 Å². The van der Waals surface area contributed by atoms with Gasteiger partial charge in [0.2, 0.25) is 5.91 Å². The molecule has 0 aromatic heterocycles. The lowest BCUT2D eigenvalue weighted by Crippen LogP contribution is -2.58. The standard InChI is InChI=1S/C28H35N3O2/c32-27(29-25-16-8-14-21-9-6-7-15-24(21)25)26(22-10-4-5-11-22)30-17-19-31(20-18-30)28(33)23-12-2-1-3-13-23/h1-3,6-7,9,12-13,15,22,25-26H,4-5,8,10-11,14,16-20H2,(H,29,32)/t25-,26-/m0/s1. The molecule has 2 amide bonds. The summed E-state index contributed by atoms with van der Waals surface area (Å²) in [6.07, 6.45) is 7.92. The normalized spacial score (nSPS) is 22.5. The molecule has 2 aromatic rings. The summed E-state index contributed by atoms with van der Waals surface area (Å²) >= 11 is 0. The summed E-state index contributed by atoms with van der Waals surface area (Å²) in [6, 6.07) is 18.1. The Hall–Kier alpha value is -2.66. The predicted molar refractivity (Wildman–Crippen MR) is 130 cm³/mol. The second-order valence-electron chi connectivity index (χ2n) is 9.84. The predicted octanol–water partition coefficient (Wildman–Crippen LogP) is 4.20. The van der Waals surface area contributed by atoms with Crippen molar-refractivity contribution < 1.29 is 9.59 Å². The molecule has 0 unspecified atom stereocenters. The molecule has 1 saturated carbocycles. The quantitative estimate of drug-likeness (QED) is 0.751. The minimum absolute atomic E-state index is 0.0874. The molecular formula is C28H35N3O2. The Morgan fingerprint density at radius 3 is 2.27 bits per heavy atom. The molecule has 0 spiro atoms. The average molecular weight is 446 g/mol. The first-order valence-electron chi connectivity index (χ1n) is 12.7. The number of nitrogens with one attached hydrogen (secondary N) is 1. The lowest BCUT2D eigenvalue weighted by Gasteiger charge is -2.41. The summed E-state index contributed by atoms with van der Waals surface area (Å²) in [5.41, 5.74) is 3.41. The number of benzene rings is 2. The molecule has 1 aliphatic heterocycles. The molecule has 2 atom stereocenters. The van der Waals surface area contributed by atoms with E-state index in [1.165, 1.54) is 24.0 Å². The second-order valence-corrected chi connectivity index (χ2v) is 9.84. The van der Waals surface area contributed by atoms with Crippen LogP contribution in [0, 0.1) is 5.92 Å². The average Bonchev–Trinajstić information content (AvgIpc) is 3.39. The Kier molecular flexibility index (Phi) is 6.77. The summed E-state index contributed by atoms with van der Waals surface area (Å²) in [5.74, 6) is 0.697. The SMILES string of the molecule is O=C(N[C@H]1CCCc2ccccc21)[C@H](C1CCCC1)N1CCN(C(=O)c2ccccc2)CC1. The van der Waals surface area contributed by atoms with E-state index in [2.05, 4.69) is 34.5 Å². The lowest BCUT2D eigenvalue weighted by molar-refractivity contribution is -0.130. The van der Waals surface area contributed by atoms with Gasteiger partial charge < -0.3 is 10.2 Å². The van der Waals surface area contributed by atoms with E-state index in [1.807, 2.05) is 35.2 Å². The van der Waals surface area contributed by atoms with Crippen molar-refractivity contribution in [3.05, 3.63) is 71.3 Å². The van der Waals surface area contributed by atoms with Crippen molar-refractivity contribution in [2.24, 2.45) is 5.92 Å². The van der Waals surface area contributed by atoms with Crippen LogP contribution in [0.1, 0.15) is 66.1 Å². The van der Waals surface area contributed by atoms with Gasteiger partial charge in [-0.1, -0.05) is 55.3 Å². The number of hydrogen-bond acceptors (Lipinski definition) is 3. The van der Waals surface area contributed by atoms with E-state index in [-0.39, 0.29) is 23.9 Å². The molecule has 1 saturated heterocycles. The topological polar surface area (TPSA) is 52.7 Å². The fraction of sp³-hybridized carbons (Fsp3) is 0.500. The zero-order valence-corrected chi connectivity index (χ0v) is 19.4. The van der Waals surface area contributed by atoms with Gasteiger partial charge in [0.25, 0.3) is 5.91 Å². The highest BCUT2D eigenvalue weighted by molar-refractivity contribution is 5.94. The lowest BCUT2D eigenvalue weighted by atomic mass is 9.87. The first kappa shape index (κ1) is 22.1. The molecule has 5 nitrogen and oxygen atoms in total. The maximum absolute atomic E-state index is 13.7. The van der Waals surface area contributed by atoms with Crippen molar-refractivity contribution in [1.82, 2.24) is 15.1 Å². The minimum Gasteiger partial charge on any atom is -0.348 e. The van der Waals surface area contributed by atoms with Gasteiger partial charge in [-0.25, -0.2) is 0 Å². The van der Waals surface area contributed by atoms with E-state index in [1.54, 1.807) is 0 Å². The molecular weight excluding hydrogens is 410 g/mol. The van der Waals surface area contributed by atoms with Crippen LogP contribution in [0.5, 0.6) is 0 Å². The summed E-state index contributed by atoms with van der Waals surface area (Å²) in [5, 5.41) is 3.45. The zero-order chi connectivity index (χ0) is 22.6. The second kappa shape index (κ2) is 10.1. The van der Waals surface area contributed by atoms with Crippen LogP contribution in [0.4, 0.5) is 0 Å². The minimum atomic E-state index is -0.0874. The monoisotopic (exact) mass is 445 g/mol. The highest BCUT2D eigenvalue weighted by atomic mass is 16.2. The Morgan fingerprint density at radius 1 is 0.818 bits per heavy atom. The molecule has 2 aliphatic carbocycles. The first-order chi connectivity index (χ1) is 16.2. The fourth-order valence-electron chi connectivity index (χ4n) is 6.08. The highest BCUT2D eigenvalue weighted by Gasteiger charge is 2.38. The van der Waals surface area contributed by atoms with E-state index in [0.29, 0.717) is 19.0 Å². The Morgan fingerprint density at radius 2 is 1.52 bits per heavy atom. The van der Waals surface area contributed by atoms with Crippen molar-refractivity contribution >= 4 is 11.8 Å². The van der Waals surface area contributed by atoms with Crippen LogP contribution in [-0.2, 0) is 11.2 Å². The number of aryl methyl sites for hydroxylation is 1. The number of piperazine rings is 1. The van der Waals surface area contributed by atoms with Crippen molar-refractivity contribution in [2.45, 2.75) is 57.0 Å². The van der Waals surface area contributed by atoms with Gasteiger partial charge in [-0.3, -0.25) is 14.5 Å². The van der Waals surface area contributed by atoms with Gasteiger partial charge in [0.05, 0.1) is 12.1 Å². The Bertz CT molecular complexity index is 962.